The first-order valence-corrected chi connectivity index (χ1v) is 5.37. The van der Waals surface area contributed by atoms with Gasteiger partial charge in [-0.15, -0.1) is 5.10 Å². The Labute approximate surface area is 107 Å². The fourth-order valence-corrected chi connectivity index (χ4v) is 1.80. The van der Waals surface area contributed by atoms with Crippen molar-refractivity contribution < 1.29 is 8.78 Å². The zero-order valence-electron chi connectivity index (χ0n) is 9.36. The van der Waals surface area contributed by atoms with Gasteiger partial charge in [0.1, 0.15) is 11.6 Å². The van der Waals surface area contributed by atoms with Crippen LogP contribution in [0.1, 0.15) is 17.3 Å². The largest absolute Gasteiger partial charge is 0.271 e. The minimum atomic E-state index is -0.767. The van der Waals surface area contributed by atoms with Crippen LogP contribution in [0.3, 0.4) is 0 Å². The molecule has 1 atom stereocenters. The van der Waals surface area contributed by atoms with Gasteiger partial charge in [-0.2, -0.15) is 0 Å². The average molecular weight is 274 g/mol. The summed E-state index contributed by atoms with van der Waals surface area (Å²) in [6, 6.07) is 1.13. The van der Waals surface area contributed by atoms with Gasteiger partial charge in [-0.25, -0.2) is 14.2 Å². The van der Waals surface area contributed by atoms with Gasteiger partial charge in [-0.1, -0.05) is 16.8 Å². The van der Waals surface area contributed by atoms with E-state index < -0.39 is 17.7 Å². The van der Waals surface area contributed by atoms with E-state index in [2.05, 4.69) is 15.7 Å². The van der Waals surface area contributed by atoms with E-state index in [1.807, 2.05) is 0 Å². The monoisotopic (exact) mass is 273 g/mol. The normalized spacial score (nSPS) is 12.7. The molecule has 1 aromatic carbocycles. The van der Waals surface area contributed by atoms with Gasteiger partial charge >= 0.3 is 0 Å². The Balaban J connectivity index is 2.52. The molecule has 2 rings (SSSR count). The topological polar surface area (TPSA) is 68.8 Å². The molecule has 1 heterocycles. The number of rotatable bonds is 3. The zero-order chi connectivity index (χ0) is 13.3. The van der Waals surface area contributed by atoms with Crippen molar-refractivity contribution in [1.29, 1.82) is 0 Å². The van der Waals surface area contributed by atoms with Gasteiger partial charge in [0.05, 0.1) is 23.0 Å². The lowest BCUT2D eigenvalue weighted by Gasteiger charge is -2.17. The maximum absolute atomic E-state index is 13.8. The van der Waals surface area contributed by atoms with Crippen LogP contribution in [0.5, 0.6) is 0 Å². The molecule has 0 aliphatic rings. The molecule has 0 amide bonds. The zero-order valence-corrected chi connectivity index (χ0v) is 10.1. The van der Waals surface area contributed by atoms with E-state index in [1.165, 1.54) is 10.9 Å². The summed E-state index contributed by atoms with van der Waals surface area (Å²) in [6.45, 7) is 0. The summed E-state index contributed by atoms with van der Waals surface area (Å²) < 4.78 is 28.6. The number of benzene rings is 1. The predicted molar refractivity (Wildman–Crippen MR) is 61.5 cm³/mol. The van der Waals surface area contributed by atoms with E-state index in [0.29, 0.717) is 5.69 Å². The van der Waals surface area contributed by atoms with Crippen molar-refractivity contribution in [3.8, 4) is 0 Å². The molecule has 0 radical (unpaired) electrons. The van der Waals surface area contributed by atoms with Crippen LogP contribution in [0.2, 0.25) is 5.02 Å². The number of hydrazine groups is 1. The quantitative estimate of drug-likeness (QED) is 0.502. The highest BCUT2D eigenvalue weighted by Crippen LogP contribution is 2.27. The number of aromatic nitrogens is 3. The minimum absolute atomic E-state index is 0.0322. The molecule has 96 valence electrons. The molecule has 1 aromatic heterocycles. The Morgan fingerprint density at radius 2 is 2.11 bits per heavy atom. The first kappa shape index (κ1) is 12.9. The molecular formula is C10H10ClF2N5. The summed E-state index contributed by atoms with van der Waals surface area (Å²) in [5.41, 5.74) is 2.93. The van der Waals surface area contributed by atoms with Gasteiger partial charge in [0.15, 0.2) is 0 Å². The summed E-state index contributed by atoms with van der Waals surface area (Å²) in [7, 11) is 1.62. The summed E-state index contributed by atoms with van der Waals surface area (Å²) in [5.74, 6) is 4.00. The van der Waals surface area contributed by atoms with Crippen LogP contribution in [-0.4, -0.2) is 15.0 Å². The minimum Gasteiger partial charge on any atom is -0.271 e. The molecule has 0 aliphatic heterocycles. The van der Waals surface area contributed by atoms with Crippen LogP contribution in [-0.2, 0) is 7.05 Å². The fraction of sp³-hybridized carbons (Fsp3) is 0.200. The summed E-state index contributed by atoms with van der Waals surface area (Å²) in [5, 5.41) is 7.09. The van der Waals surface area contributed by atoms with Crippen molar-refractivity contribution in [2.75, 3.05) is 0 Å². The van der Waals surface area contributed by atoms with Gasteiger partial charge in [0, 0.05) is 12.6 Å². The van der Waals surface area contributed by atoms with E-state index in [-0.39, 0.29) is 10.6 Å². The lowest BCUT2D eigenvalue weighted by atomic mass is 10.0. The Hall–Kier alpha value is -1.57. The average Bonchev–Trinajstić information content (AvgIpc) is 2.73. The number of hydrogen-bond donors (Lipinski definition) is 2. The smallest absolute Gasteiger partial charge is 0.142 e. The highest BCUT2D eigenvalue weighted by Gasteiger charge is 2.22. The molecule has 0 aliphatic carbocycles. The van der Waals surface area contributed by atoms with E-state index in [9.17, 15) is 8.78 Å². The third kappa shape index (κ3) is 2.20. The SMILES string of the molecule is Cn1nncc1C(NN)c1cc(F)c(Cl)cc1F. The number of hydrogen-bond acceptors (Lipinski definition) is 4. The van der Waals surface area contributed by atoms with Crippen molar-refractivity contribution in [2.45, 2.75) is 6.04 Å². The standard InChI is InChI=1S/C10H10ClF2N5/c1-18-9(4-15-17-18)10(16-14)5-2-8(13)6(11)3-7(5)12/h2-4,10,16H,14H2,1H3. The third-order valence-electron chi connectivity index (χ3n) is 2.56. The molecule has 0 spiro atoms. The number of aryl methyl sites for hydroxylation is 1. The Kier molecular flexibility index (Phi) is 3.55. The van der Waals surface area contributed by atoms with Gasteiger partial charge < -0.3 is 0 Å². The molecular weight excluding hydrogens is 264 g/mol. The molecule has 0 saturated heterocycles. The lowest BCUT2D eigenvalue weighted by Crippen LogP contribution is -2.31. The first-order valence-electron chi connectivity index (χ1n) is 4.99. The first-order chi connectivity index (χ1) is 8.54. The Morgan fingerprint density at radius 1 is 1.39 bits per heavy atom. The van der Waals surface area contributed by atoms with E-state index in [0.717, 1.165) is 12.1 Å². The summed E-state index contributed by atoms with van der Waals surface area (Å²) in [6.07, 6.45) is 1.41. The van der Waals surface area contributed by atoms with Crippen molar-refractivity contribution >= 4 is 11.6 Å². The number of halogens is 3. The van der Waals surface area contributed by atoms with Crippen LogP contribution >= 0.6 is 11.6 Å². The second-order valence-corrected chi connectivity index (χ2v) is 4.08. The van der Waals surface area contributed by atoms with Crippen molar-refractivity contribution in [3.63, 3.8) is 0 Å². The molecule has 1 unspecified atom stereocenters. The maximum atomic E-state index is 13.8. The number of nitrogens with zero attached hydrogens (tertiary/aromatic N) is 3. The lowest BCUT2D eigenvalue weighted by molar-refractivity contribution is 0.522. The van der Waals surface area contributed by atoms with Gasteiger partial charge in [-0.3, -0.25) is 10.5 Å². The number of nitrogens with two attached hydrogens (primary N) is 1. The maximum Gasteiger partial charge on any atom is 0.142 e. The van der Waals surface area contributed by atoms with Crippen molar-refractivity contribution in [2.24, 2.45) is 12.9 Å². The van der Waals surface area contributed by atoms with E-state index >= 15 is 0 Å². The molecule has 0 bridgehead atoms. The van der Waals surface area contributed by atoms with Crippen LogP contribution in [0.15, 0.2) is 18.3 Å². The summed E-state index contributed by atoms with van der Waals surface area (Å²) in [4.78, 5) is 0. The van der Waals surface area contributed by atoms with Crippen LogP contribution < -0.4 is 11.3 Å². The Morgan fingerprint density at radius 3 is 2.67 bits per heavy atom. The molecule has 2 aromatic rings. The third-order valence-corrected chi connectivity index (χ3v) is 2.85. The molecule has 18 heavy (non-hydrogen) atoms. The number of nitrogens with one attached hydrogen (secondary N) is 1. The van der Waals surface area contributed by atoms with Gasteiger partial charge in [0.2, 0.25) is 0 Å². The van der Waals surface area contributed by atoms with E-state index in [4.69, 9.17) is 17.4 Å². The molecule has 0 saturated carbocycles. The molecule has 0 fully saturated rings. The van der Waals surface area contributed by atoms with E-state index in [1.54, 1.807) is 7.05 Å². The highest BCUT2D eigenvalue weighted by molar-refractivity contribution is 6.30. The fourth-order valence-electron chi connectivity index (χ4n) is 1.65. The summed E-state index contributed by atoms with van der Waals surface area (Å²) >= 11 is 5.49. The van der Waals surface area contributed by atoms with Crippen molar-refractivity contribution in [1.82, 2.24) is 20.4 Å². The highest BCUT2D eigenvalue weighted by atomic mass is 35.5. The molecule has 3 N–H and O–H groups in total. The Bertz CT molecular complexity index is 571. The predicted octanol–water partition coefficient (Wildman–Crippen LogP) is 1.30. The second-order valence-electron chi connectivity index (χ2n) is 3.67. The van der Waals surface area contributed by atoms with Crippen LogP contribution in [0.25, 0.3) is 0 Å². The van der Waals surface area contributed by atoms with Crippen LogP contribution in [0.4, 0.5) is 8.78 Å². The van der Waals surface area contributed by atoms with Crippen molar-refractivity contribution in [3.05, 3.63) is 46.2 Å². The molecule has 5 nitrogen and oxygen atoms in total. The second kappa shape index (κ2) is 4.97. The van der Waals surface area contributed by atoms with Gasteiger partial charge in [0.25, 0.3) is 0 Å². The van der Waals surface area contributed by atoms with Crippen LogP contribution in [0, 0.1) is 11.6 Å². The van der Waals surface area contributed by atoms with Gasteiger partial charge in [-0.05, 0) is 12.1 Å². The molecule has 8 heteroatoms.